The average Bonchev–Trinajstić information content (AvgIpc) is 2.18. The Hall–Kier alpha value is -2.03. The van der Waals surface area contributed by atoms with Gasteiger partial charge in [0.1, 0.15) is 17.1 Å². The fourth-order valence-electron chi connectivity index (χ4n) is 1.83. The molecule has 1 aromatic rings. The molecular formula is C13H12O3. The molecule has 0 spiro atoms. The molecule has 0 atom stereocenters. The predicted molar refractivity (Wildman–Crippen MR) is 61.3 cm³/mol. The van der Waals surface area contributed by atoms with Crippen LogP contribution in [0.5, 0.6) is 5.75 Å². The summed E-state index contributed by atoms with van der Waals surface area (Å²) in [5.74, 6) is -0.137. The van der Waals surface area contributed by atoms with E-state index in [1.165, 1.54) is 0 Å². The number of aryl methyl sites for hydroxylation is 2. The van der Waals surface area contributed by atoms with Gasteiger partial charge in [0.2, 0.25) is 0 Å². The summed E-state index contributed by atoms with van der Waals surface area (Å²) in [5.41, 5.74) is 2.96. The summed E-state index contributed by atoms with van der Waals surface area (Å²) in [6, 6.07) is 3.89. The third-order valence-electron chi connectivity index (χ3n) is 2.50. The third kappa shape index (κ3) is 1.60. The van der Waals surface area contributed by atoms with Crippen LogP contribution in [0.1, 0.15) is 16.7 Å². The molecule has 0 aliphatic carbocycles. The van der Waals surface area contributed by atoms with Crippen molar-refractivity contribution in [1.29, 1.82) is 0 Å². The zero-order valence-corrected chi connectivity index (χ0v) is 9.20. The maximum Gasteiger partial charge on any atom is 0.339 e. The Labute approximate surface area is 93.7 Å². The quantitative estimate of drug-likeness (QED) is 0.785. The van der Waals surface area contributed by atoms with E-state index in [0.717, 1.165) is 16.7 Å². The van der Waals surface area contributed by atoms with Crippen LogP contribution in [0.4, 0.5) is 0 Å². The number of fused-ring (bicyclic) bond motifs is 1. The van der Waals surface area contributed by atoms with E-state index < -0.39 is 5.97 Å². The zero-order valence-electron chi connectivity index (χ0n) is 9.20. The molecule has 1 heterocycles. The second kappa shape index (κ2) is 3.52. The van der Waals surface area contributed by atoms with Gasteiger partial charge in [-0.2, -0.15) is 0 Å². The first-order chi connectivity index (χ1) is 7.49. The number of carbonyl (C=O) groups is 1. The van der Waals surface area contributed by atoms with E-state index in [-0.39, 0.29) is 11.3 Å². The van der Waals surface area contributed by atoms with E-state index in [2.05, 4.69) is 6.58 Å². The molecule has 0 saturated heterocycles. The van der Waals surface area contributed by atoms with Gasteiger partial charge in [-0.1, -0.05) is 18.2 Å². The van der Waals surface area contributed by atoms with Crippen LogP contribution in [0.2, 0.25) is 0 Å². The number of carboxylic acid groups (broad SMARTS) is 1. The SMILES string of the molecule is C=C1Oc2c(C)cc(C)cc2C=C1C(=O)O. The lowest BCUT2D eigenvalue weighted by Crippen LogP contribution is -2.12. The number of ether oxygens (including phenoxy) is 1. The van der Waals surface area contributed by atoms with Crippen LogP contribution in [-0.2, 0) is 4.79 Å². The van der Waals surface area contributed by atoms with Gasteiger partial charge in [-0.25, -0.2) is 4.79 Å². The zero-order chi connectivity index (χ0) is 11.9. The normalized spacial score (nSPS) is 13.9. The number of aliphatic carboxylic acids is 1. The van der Waals surface area contributed by atoms with E-state index in [0.29, 0.717) is 5.75 Å². The molecule has 1 aromatic carbocycles. The van der Waals surface area contributed by atoms with Crippen LogP contribution < -0.4 is 4.74 Å². The molecule has 3 heteroatoms. The summed E-state index contributed by atoms with van der Waals surface area (Å²) in [7, 11) is 0. The molecule has 82 valence electrons. The van der Waals surface area contributed by atoms with Gasteiger partial charge in [0.05, 0.1) is 0 Å². The van der Waals surface area contributed by atoms with Gasteiger partial charge in [-0.05, 0) is 31.6 Å². The molecule has 0 fully saturated rings. The number of hydrogen-bond donors (Lipinski definition) is 1. The highest BCUT2D eigenvalue weighted by molar-refractivity contribution is 5.98. The summed E-state index contributed by atoms with van der Waals surface area (Å²) in [6.45, 7) is 7.50. The van der Waals surface area contributed by atoms with Gasteiger partial charge in [-0.3, -0.25) is 0 Å². The number of hydrogen-bond acceptors (Lipinski definition) is 2. The van der Waals surface area contributed by atoms with E-state index in [4.69, 9.17) is 9.84 Å². The number of rotatable bonds is 1. The summed E-state index contributed by atoms with van der Waals surface area (Å²) in [5, 5.41) is 8.96. The fourth-order valence-corrected chi connectivity index (χ4v) is 1.83. The van der Waals surface area contributed by atoms with Crippen molar-refractivity contribution in [2.45, 2.75) is 13.8 Å². The average molecular weight is 216 g/mol. The molecule has 1 aliphatic heterocycles. The van der Waals surface area contributed by atoms with Crippen LogP contribution in [-0.4, -0.2) is 11.1 Å². The van der Waals surface area contributed by atoms with Crippen LogP contribution in [0.25, 0.3) is 6.08 Å². The first-order valence-electron chi connectivity index (χ1n) is 4.92. The Bertz CT molecular complexity index is 524. The summed E-state index contributed by atoms with van der Waals surface area (Å²) in [6.07, 6.45) is 1.60. The number of carboxylic acids is 1. The van der Waals surface area contributed by atoms with Crippen LogP contribution in [0.3, 0.4) is 0 Å². The minimum atomic E-state index is -1.02. The summed E-state index contributed by atoms with van der Waals surface area (Å²) >= 11 is 0. The van der Waals surface area contributed by atoms with Crippen molar-refractivity contribution in [3.63, 3.8) is 0 Å². The highest BCUT2D eigenvalue weighted by Gasteiger charge is 2.21. The second-order valence-corrected chi connectivity index (χ2v) is 3.89. The molecule has 3 nitrogen and oxygen atoms in total. The lowest BCUT2D eigenvalue weighted by Gasteiger charge is -2.19. The van der Waals surface area contributed by atoms with E-state index >= 15 is 0 Å². The number of benzene rings is 1. The molecule has 0 bridgehead atoms. The first-order valence-corrected chi connectivity index (χ1v) is 4.92. The molecule has 1 N–H and O–H groups in total. The third-order valence-corrected chi connectivity index (χ3v) is 2.50. The van der Waals surface area contributed by atoms with Gasteiger partial charge >= 0.3 is 5.97 Å². The van der Waals surface area contributed by atoms with E-state index in [1.54, 1.807) is 6.08 Å². The topological polar surface area (TPSA) is 46.5 Å². The van der Waals surface area contributed by atoms with Crippen LogP contribution in [0, 0.1) is 13.8 Å². The van der Waals surface area contributed by atoms with Crippen molar-refractivity contribution in [3.8, 4) is 5.75 Å². The van der Waals surface area contributed by atoms with Crippen molar-refractivity contribution >= 4 is 12.0 Å². The molecule has 16 heavy (non-hydrogen) atoms. The lowest BCUT2D eigenvalue weighted by atomic mass is 10.0. The largest absolute Gasteiger partial charge is 0.478 e. The highest BCUT2D eigenvalue weighted by atomic mass is 16.5. The Balaban J connectivity index is 2.64. The molecule has 0 amide bonds. The van der Waals surface area contributed by atoms with Gasteiger partial charge in [0, 0.05) is 5.56 Å². The van der Waals surface area contributed by atoms with Crippen molar-refractivity contribution in [1.82, 2.24) is 0 Å². The minimum Gasteiger partial charge on any atom is -0.478 e. The molecule has 2 rings (SSSR count). The van der Waals surface area contributed by atoms with Crippen LogP contribution in [0.15, 0.2) is 30.0 Å². The van der Waals surface area contributed by atoms with Gasteiger partial charge in [-0.15, -0.1) is 0 Å². The Morgan fingerprint density at radius 3 is 2.69 bits per heavy atom. The standard InChI is InChI=1S/C13H12O3/c1-7-4-8(2)12-10(5-7)6-11(13(14)15)9(3)16-12/h4-6H,3H2,1-2H3,(H,14,15). The Morgan fingerprint density at radius 2 is 2.06 bits per heavy atom. The maximum atomic E-state index is 10.9. The monoisotopic (exact) mass is 216 g/mol. The minimum absolute atomic E-state index is 0.109. The summed E-state index contributed by atoms with van der Waals surface area (Å²) < 4.78 is 5.45. The van der Waals surface area contributed by atoms with E-state index in [1.807, 2.05) is 26.0 Å². The van der Waals surface area contributed by atoms with E-state index in [9.17, 15) is 4.79 Å². The molecule has 1 aliphatic rings. The Morgan fingerprint density at radius 1 is 1.38 bits per heavy atom. The van der Waals surface area contributed by atoms with Crippen LogP contribution >= 0.6 is 0 Å². The first kappa shape index (κ1) is 10.5. The second-order valence-electron chi connectivity index (χ2n) is 3.89. The van der Waals surface area contributed by atoms with Crippen molar-refractivity contribution in [3.05, 3.63) is 46.7 Å². The van der Waals surface area contributed by atoms with Crippen molar-refractivity contribution in [2.75, 3.05) is 0 Å². The van der Waals surface area contributed by atoms with Gasteiger partial charge in [0.15, 0.2) is 0 Å². The fraction of sp³-hybridized carbons (Fsp3) is 0.154. The maximum absolute atomic E-state index is 10.9. The molecule has 0 unspecified atom stereocenters. The smallest absolute Gasteiger partial charge is 0.339 e. The highest BCUT2D eigenvalue weighted by Crippen LogP contribution is 2.34. The molecule has 0 saturated carbocycles. The molecular weight excluding hydrogens is 204 g/mol. The predicted octanol–water partition coefficient (Wildman–Crippen LogP) is 2.68. The molecule has 0 radical (unpaired) electrons. The summed E-state index contributed by atoms with van der Waals surface area (Å²) in [4.78, 5) is 10.9. The molecule has 0 aromatic heterocycles. The van der Waals surface area contributed by atoms with Gasteiger partial charge in [0.25, 0.3) is 0 Å². The van der Waals surface area contributed by atoms with Crippen molar-refractivity contribution < 1.29 is 14.6 Å². The van der Waals surface area contributed by atoms with Crippen molar-refractivity contribution in [2.24, 2.45) is 0 Å². The van der Waals surface area contributed by atoms with Gasteiger partial charge < -0.3 is 9.84 Å². The Kier molecular flexibility index (Phi) is 2.31. The lowest BCUT2D eigenvalue weighted by molar-refractivity contribution is -0.132.